The van der Waals surface area contributed by atoms with Gasteiger partial charge >= 0.3 is 0 Å². The maximum atomic E-state index is 11.8. The highest BCUT2D eigenvalue weighted by atomic mass is 16.2. The topological polar surface area (TPSA) is 58.2 Å². The second-order valence-electron chi connectivity index (χ2n) is 8.15. The van der Waals surface area contributed by atoms with Crippen molar-refractivity contribution in [3.05, 3.63) is 0 Å². The molecule has 0 aliphatic carbocycles. The van der Waals surface area contributed by atoms with Crippen LogP contribution in [-0.2, 0) is 9.59 Å². The van der Waals surface area contributed by atoms with Crippen molar-refractivity contribution in [1.82, 2.24) is 10.6 Å². The number of carbonyl (C=O) groups is 2. The predicted octanol–water partition coefficient (Wildman–Crippen LogP) is 6.28. The molecule has 0 atom stereocenters. The lowest BCUT2D eigenvalue weighted by atomic mass is 10.1. The molecule has 0 aromatic carbocycles. The first-order valence-corrected chi connectivity index (χ1v) is 12.2. The molecule has 0 spiro atoms. The smallest absolute Gasteiger partial charge is 0.220 e. The summed E-state index contributed by atoms with van der Waals surface area (Å²) in [5.74, 6) is 0.00958. The van der Waals surface area contributed by atoms with Gasteiger partial charge in [0.15, 0.2) is 0 Å². The van der Waals surface area contributed by atoms with E-state index in [0.717, 1.165) is 25.9 Å². The van der Waals surface area contributed by atoms with E-state index in [-0.39, 0.29) is 11.8 Å². The Kier molecular flexibility index (Phi) is 21.4. The van der Waals surface area contributed by atoms with E-state index in [1.807, 2.05) is 0 Å². The molecule has 0 heterocycles. The van der Waals surface area contributed by atoms with Gasteiger partial charge in [-0.05, 0) is 12.8 Å². The molecule has 0 saturated carbocycles. The molecule has 2 N–H and O–H groups in total. The van der Waals surface area contributed by atoms with Crippen molar-refractivity contribution in [1.29, 1.82) is 0 Å². The van der Waals surface area contributed by atoms with Crippen LogP contribution in [0.2, 0.25) is 0 Å². The molecule has 0 fully saturated rings. The zero-order valence-electron chi connectivity index (χ0n) is 19.0. The highest BCUT2D eigenvalue weighted by Crippen LogP contribution is 2.08. The largest absolute Gasteiger partial charge is 0.356 e. The van der Waals surface area contributed by atoms with Gasteiger partial charge in [-0.25, -0.2) is 0 Å². The van der Waals surface area contributed by atoms with E-state index in [9.17, 15) is 9.59 Å². The molecule has 0 unspecified atom stereocenters. The van der Waals surface area contributed by atoms with E-state index < -0.39 is 0 Å². The van der Waals surface area contributed by atoms with Crippen molar-refractivity contribution >= 4 is 11.8 Å². The average Bonchev–Trinajstić information content (AvgIpc) is 2.69. The van der Waals surface area contributed by atoms with Crippen LogP contribution in [0.3, 0.4) is 0 Å². The standard InChI is InChI=1S/C24H48N2O2/c1-3-5-7-9-11-13-15-17-21-25-23(27)19-20-24(28)26-22-18-16-14-12-10-8-6-4-2/h3-22H2,1-2H3,(H,25,27)(H,26,28). The normalized spacial score (nSPS) is 10.8. The third kappa shape index (κ3) is 21.2. The Labute approximate surface area is 175 Å². The summed E-state index contributed by atoms with van der Waals surface area (Å²) >= 11 is 0. The summed E-state index contributed by atoms with van der Waals surface area (Å²) in [7, 11) is 0. The first-order chi connectivity index (χ1) is 13.7. The highest BCUT2D eigenvalue weighted by molar-refractivity contribution is 5.83. The molecule has 0 aromatic heterocycles. The lowest BCUT2D eigenvalue weighted by Gasteiger charge is -2.07. The molecule has 28 heavy (non-hydrogen) atoms. The Bertz CT molecular complexity index is 325. The molecule has 0 rings (SSSR count). The van der Waals surface area contributed by atoms with E-state index in [2.05, 4.69) is 24.5 Å². The number of hydrogen-bond donors (Lipinski definition) is 2. The van der Waals surface area contributed by atoms with E-state index in [0.29, 0.717) is 12.8 Å². The first-order valence-electron chi connectivity index (χ1n) is 12.2. The van der Waals surface area contributed by atoms with Gasteiger partial charge in [0, 0.05) is 25.9 Å². The van der Waals surface area contributed by atoms with Crippen LogP contribution in [0.1, 0.15) is 129 Å². The van der Waals surface area contributed by atoms with Crippen LogP contribution < -0.4 is 10.6 Å². The Hall–Kier alpha value is -1.06. The monoisotopic (exact) mass is 396 g/mol. The van der Waals surface area contributed by atoms with Gasteiger partial charge in [0.05, 0.1) is 0 Å². The quantitative estimate of drug-likeness (QED) is 0.224. The van der Waals surface area contributed by atoms with Crippen LogP contribution in [0.25, 0.3) is 0 Å². The molecule has 4 heteroatoms. The third-order valence-electron chi connectivity index (χ3n) is 5.28. The first kappa shape index (κ1) is 26.9. The molecule has 0 aromatic rings. The lowest BCUT2D eigenvalue weighted by Crippen LogP contribution is -2.28. The van der Waals surface area contributed by atoms with Crippen molar-refractivity contribution in [2.45, 2.75) is 129 Å². The number of nitrogens with one attached hydrogen (secondary N) is 2. The van der Waals surface area contributed by atoms with E-state index in [4.69, 9.17) is 0 Å². The zero-order valence-corrected chi connectivity index (χ0v) is 19.0. The minimum absolute atomic E-state index is 0.00479. The van der Waals surface area contributed by atoms with Gasteiger partial charge in [0.25, 0.3) is 0 Å². The van der Waals surface area contributed by atoms with Crippen molar-refractivity contribution in [2.75, 3.05) is 13.1 Å². The maximum absolute atomic E-state index is 11.8. The minimum Gasteiger partial charge on any atom is -0.356 e. The van der Waals surface area contributed by atoms with Crippen LogP contribution in [0, 0.1) is 0 Å². The summed E-state index contributed by atoms with van der Waals surface area (Å²) in [6.45, 7) is 5.97. The van der Waals surface area contributed by atoms with Crippen LogP contribution >= 0.6 is 0 Å². The Morgan fingerprint density at radius 3 is 1.07 bits per heavy atom. The fraction of sp³-hybridized carbons (Fsp3) is 0.917. The number of carbonyl (C=O) groups excluding carboxylic acids is 2. The highest BCUT2D eigenvalue weighted by Gasteiger charge is 2.06. The van der Waals surface area contributed by atoms with E-state index in [1.54, 1.807) is 0 Å². The SMILES string of the molecule is CCCCCCCCCCNC(=O)CCC(=O)NCCCCCCCCCC. The molecule has 0 bridgehead atoms. The number of hydrogen-bond acceptors (Lipinski definition) is 2. The fourth-order valence-electron chi connectivity index (χ4n) is 3.38. The summed E-state index contributed by atoms with van der Waals surface area (Å²) < 4.78 is 0. The lowest BCUT2D eigenvalue weighted by molar-refractivity contribution is -0.126. The molecule has 166 valence electrons. The van der Waals surface area contributed by atoms with Crippen molar-refractivity contribution in [2.24, 2.45) is 0 Å². The van der Waals surface area contributed by atoms with E-state index in [1.165, 1.54) is 89.9 Å². The summed E-state index contributed by atoms with van der Waals surface area (Å²) in [4.78, 5) is 23.6. The molecule has 0 aliphatic heterocycles. The van der Waals surface area contributed by atoms with Crippen LogP contribution in [-0.4, -0.2) is 24.9 Å². The average molecular weight is 397 g/mol. The molecular formula is C24H48N2O2. The van der Waals surface area contributed by atoms with Gasteiger partial charge in [0.2, 0.25) is 11.8 Å². The number of amides is 2. The van der Waals surface area contributed by atoms with Crippen LogP contribution in [0.5, 0.6) is 0 Å². The Balaban J connectivity index is 3.32. The summed E-state index contributed by atoms with van der Waals surface area (Å²) in [6, 6.07) is 0. The molecule has 0 saturated heterocycles. The second kappa shape index (κ2) is 22.2. The van der Waals surface area contributed by atoms with Crippen molar-refractivity contribution in [3.8, 4) is 0 Å². The van der Waals surface area contributed by atoms with Crippen molar-refractivity contribution < 1.29 is 9.59 Å². The third-order valence-corrected chi connectivity index (χ3v) is 5.28. The van der Waals surface area contributed by atoms with Crippen LogP contribution in [0.4, 0.5) is 0 Å². The minimum atomic E-state index is 0.00479. The van der Waals surface area contributed by atoms with Gasteiger partial charge in [-0.3, -0.25) is 9.59 Å². The van der Waals surface area contributed by atoms with Gasteiger partial charge in [0.1, 0.15) is 0 Å². The summed E-state index contributed by atoms with van der Waals surface area (Å²) in [6.07, 6.45) is 20.9. The fourth-order valence-corrected chi connectivity index (χ4v) is 3.38. The van der Waals surface area contributed by atoms with E-state index >= 15 is 0 Å². The van der Waals surface area contributed by atoms with Gasteiger partial charge in [-0.2, -0.15) is 0 Å². The van der Waals surface area contributed by atoms with Crippen LogP contribution in [0.15, 0.2) is 0 Å². The molecule has 0 aliphatic rings. The molecular weight excluding hydrogens is 348 g/mol. The number of unbranched alkanes of at least 4 members (excludes halogenated alkanes) is 14. The molecule has 4 nitrogen and oxygen atoms in total. The summed E-state index contributed by atoms with van der Waals surface area (Å²) in [5, 5.41) is 5.87. The molecule has 0 radical (unpaired) electrons. The number of rotatable bonds is 21. The van der Waals surface area contributed by atoms with Gasteiger partial charge < -0.3 is 10.6 Å². The van der Waals surface area contributed by atoms with Crippen molar-refractivity contribution in [3.63, 3.8) is 0 Å². The van der Waals surface area contributed by atoms with Gasteiger partial charge in [-0.1, -0.05) is 104 Å². The predicted molar refractivity (Wildman–Crippen MR) is 120 cm³/mol. The zero-order chi connectivity index (χ0) is 20.7. The molecule has 2 amide bonds. The maximum Gasteiger partial charge on any atom is 0.220 e. The Morgan fingerprint density at radius 1 is 0.464 bits per heavy atom. The Morgan fingerprint density at radius 2 is 0.750 bits per heavy atom. The second-order valence-corrected chi connectivity index (χ2v) is 8.15. The van der Waals surface area contributed by atoms with Gasteiger partial charge in [-0.15, -0.1) is 0 Å². The summed E-state index contributed by atoms with van der Waals surface area (Å²) in [5.41, 5.74) is 0.